The van der Waals surface area contributed by atoms with Crippen LogP contribution in [0.15, 0.2) is 23.8 Å². The summed E-state index contributed by atoms with van der Waals surface area (Å²) in [6.07, 6.45) is 8.86. The van der Waals surface area contributed by atoms with Gasteiger partial charge in [0.15, 0.2) is 0 Å². The second-order valence-corrected chi connectivity index (χ2v) is 10.0. The van der Waals surface area contributed by atoms with Crippen LogP contribution in [0.3, 0.4) is 0 Å². The number of hydrogen-bond donors (Lipinski definition) is 2. The molecule has 9 atom stereocenters. The summed E-state index contributed by atoms with van der Waals surface area (Å²) in [6.45, 7) is 12.5. The van der Waals surface area contributed by atoms with Crippen LogP contribution in [0.1, 0.15) is 67.2 Å². The number of amides is 1. The molecule has 2 fully saturated rings. The lowest BCUT2D eigenvalue weighted by molar-refractivity contribution is -0.125. The van der Waals surface area contributed by atoms with Crippen LogP contribution in [0.2, 0.25) is 0 Å². The van der Waals surface area contributed by atoms with Crippen LogP contribution in [-0.2, 0) is 19.0 Å². The fraction of sp³-hybridized carbons (Fsp3) is 0.800. The van der Waals surface area contributed by atoms with Crippen molar-refractivity contribution in [2.75, 3.05) is 7.11 Å². The maximum atomic E-state index is 11.2. The fourth-order valence-electron chi connectivity index (χ4n) is 5.25. The van der Waals surface area contributed by atoms with E-state index in [1.807, 2.05) is 0 Å². The number of carbonyl (C=O) groups is 1. The quantitative estimate of drug-likeness (QED) is 0.379. The second kappa shape index (κ2) is 11.1. The van der Waals surface area contributed by atoms with Crippen LogP contribution in [-0.4, -0.2) is 54.2 Å². The number of epoxide rings is 1. The molecule has 0 spiro atoms. The maximum Gasteiger partial charge on any atom is 0.220 e. The zero-order valence-electron chi connectivity index (χ0n) is 20.3. The van der Waals surface area contributed by atoms with Crippen molar-refractivity contribution in [3.63, 3.8) is 0 Å². The predicted octanol–water partition coefficient (Wildman–Crippen LogP) is 3.76. The van der Waals surface area contributed by atoms with Crippen molar-refractivity contribution in [1.82, 2.24) is 0 Å². The van der Waals surface area contributed by atoms with Gasteiger partial charge in [-0.15, -0.1) is 0 Å². The summed E-state index contributed by atoms with van der Waals surface area (Å²) < 4.78 is 17.7. The Bertz CT molecular complexity index is 660. The van der Waals surface area contributed by atoms with Gasteiger partial charge in [0.2, 0.25) is 5.91 Å². The van der Waals surface area contributed by atoms with E-state index in [1.54, 1.807) is 14.0 Å². The Balaban J connectivity index is 1.89. The van der Waals surface area contributed by atoms with Gasteiger partial charge in [-0.05, 0) is 57.4 Å². The van der Waals surface area contributed by atoms with Crippen molar-refractivity contribution in [3.05, 3.63) is 23.8 Å². The zero-order valence-corrected chi connectivity index (χ0v) is 20.3. The van der Waals surface area contributed by atoms with E-state index in [-0.39, 0.29) is 41.8 Å². The van der Waals surface area contributed by atoms with E-state index in [0.29, 0.717) is 18.3 Å². The van der Waals surface area contributed by atoms with Crippen molar-refractivity contribution in [1.29, 1.82) is 0 Å². The molecule has 2 rings (SSSR count). The third-order valence-electron chi connectivity index (χ3n) is 6.89. The molecule has 0 radical (unpaired) electrons. The maximum absolute atomic E-state index is 11.2. The van der Waals surface area contributed by atoms with Crippen molar-refractivity contribution in [2.45, 2.75) is 103 Å². The van der Waals surface area contributed by atoms with E-state index >= 15 is 0 Å². The van der Waals surface area contributed by atoms with Gasteiger partial charge >= 0.3 is 0 Å². The van der Waals surface area contributed by atoms with Gasteiger partial charge in [0.1, 0.15) is 0 Å². The number of carbonyl (C=O) groups excluding carboxylic acids is 1. The number of aliphatic hydroxyl groups is 1. The largest absolute Gasteiger partial charge is 0.391 e. The van der Waals surface area contributed by atoms with Gasteiger partial charge in [0.25, 0.3) is 0 Å². The lowest BCUT2D eigenvalue weighted by Gasteiger charge is -2.35. The van der Waals surface area contributed by atoms with Gasteiger partial charge in [0.05, 0.1) is 42.5 Å². The summed E-state index contributed by atoms with van der Waals surface area (Å²) >= 11 is 0. The molecule has 0 aliphatic carbocycles. The SMILES string of the molecule is COC(C(C)O)C(C)[C@H]1O[C@]1(C)CC(C)/C=C/C=C(\C)[C@H]1O[C@@H](CC(N)=O)CC[C@@H]1C. The number of aliphatic hydroxyl groups excluding tert-OH is 1. The smallest absolute Gasteiger partial charge is 0.220 e. The Morgan fingerprint density at radius 1 is 1.32 bits per heavy atom. The predicted molar refractivity (Wildman–Crippen MR) is 122 cm³/mol. The number of ether oxygens (including phenoxy) is 3. The summed E-state index contributed by atoms with van der Waals surface area (Å²) in [5.41, 5.74) is 6.33. The molecule has 1 amide bonds. The number of methoxy groups -OCH3 is 1. The van der Waals surface area contributed by atoms with Crippen LogP contribution in [0, 0.1) is 17.8 Å². The summed E-state index contributed by atoms with van der Waals surface area (Å²) in [5, 5.41) is 9.93. The molecule has 2 aliphatic rings. The van der Waals surface area contributed by atoms with Gasteiger partial charge in [0, 0.05) is 13.0 Å². The number of nitrogens with two attached hydrogens (primary N) is 1. The number of allylic oxidation sites excluding steroid dienone is 3. The Morgan fingerprint density at radius 2 is 2.00 bits per heavy atom. The minimum atomic E-state index is -0.522. The summed E-state index contributed by atoms with van der Waals surface area (Å²) in [6, 6.07) is 0. The Morgan fingerprint density at radius 3 is 2.58 bits per heavy atom. The molecule has 0 saturated carbocycles. The molecule has 6 heteroatoms. The summed E-state index contributed by atoms with van der Waals surface area (Å²) in [5.74, 6) is 0.606. The molecule has 2 aliphatic heterocycles. The zero-order chi connectivity index (χ0) is 23.3. The Labute approximate surface area is 188 Å². The average Bonchev–Trinajstić information content (AvgIpc) is 3.33. The molecule has 0 aromatic carbocycles. The van der Waals surface area contributed by atoms with Crippen LogP contribution < -0.4 is 5.73 Å². The van der Waals surface area contributed by atoms with E-state index in [4.69, 9.17) is 19.9 Å². The highest BCUT2D eigenvalue weighted by Crippen LogP contribution is 2.47. The standard InChI is InChI=1S/C25H43NO5/c1-15(14-25(6)24(31-25)18(4)23(29-7)19(5)27)9-8-10-16(2)22-17(3)11-12-20(30-22)13-21(26)28/h8-10,15,17-20,22-24,27H,11-14H2,1-7H3,(H2,26,28)/b9-8+,16-10+/t15?,17-,18?,19?,20+,22+,23?,24+,25+/m0/s1. The van der Waals surface area contributed by atoms with Crippen molar-refractivity contribution < 1.29 is 24.1 Å². The molecule has 31 heavy (non-hydrogen) atoms. The molecule has 0 bridgehead atoms. The number of primary amides is 1. The van der Waals surface area contributed by atoms with Gasteiger partial charge < -0.3 is 25.1 Å². The topological polar surface area (TPSA) is 94.3 Å². The number of hydrogen-bond acceptors (Lipinski definition) is 5. The molecule has 6 nitrogen and oxygen atoms in total. The van der Waals surface area contributed by atoms with E-state index in [2.05, 4.69) is 52.8 Å². The van der Waals surface area contributed by atoms with Crippen LogP contribution in [0.25, 0.3) is 0 Å². The highest BCUT2D eigenvalue weighted by Gasteiger charge is 2.56. The first kappa shape index (κ1) is 26.0. The lowest BCUT2D eigenvalue weighted by Crippen LogP contribution is -2.36. The molecule has 2 heterocycles. The van der Waals surface area contributed by atoms with Crippen molar-refractivity contribution in [2.24, 2.45) is 23.5 Å². The van der Waals surface area contributed by atoms with E-state index in [9.17, 15) is 9.90 Å². The molecule has 2 saturated heterocycles. The monoisotopic (exact) mass is 437 g/mol. The minimum Gasteiger partial charge on any atom is -0.391 e. The lowest BCUT2D eigenvalue weighted by atomic mass is 9.85. The van der Waals surface area contributed by atoms with Gasteiger partial charge in [-0.2, -0.15) is 0 Å². The van der Waals surface area contributed by atoms with Crippen molar-refractivity contribution in [3.8, 4) is 0 Å². The third-order valence-corrected chi connectivity index (χ3v) is 6.89. The van der Waals surface area contributed by atoms with E-state index in [0.717, 1.165) is 19.3 Å². The molecule has 3 N–H and O–H groups in total. The molecular formula is C25H43NO5. The Kier molecular flexibility index (Phi) is 9.31. The third kappa shape index (κ3) is 7.14. The van der Waals surface area contributed by atoms with Crippen molar-refractivity contribution >= 4 is 5.91 Å². The normalized spacial score (nSPS) is 35.5. The summed E-state index contributed by atoms with van der Waals surface area (Å²) in [7, 11) is 1.64. The highest BCUT2D eigenvalue weighted by molar-refractivity contribution is 5.74. The average molecular weight is 438 g/mol. The number of rotatable bonds is 11. The fourth-order valence-corrected chi connectivity index (χ4v) is 5.25. The minimum absolute atomic E-state index is 0.0269. The molecule has 4 unspecified atom stereocenters. The molecule has 0 aromatic rings. The molecular weight excluding hydrogens is 394 g/mol. The first-order valence-corrected chi connectivity index (χ1v) is 11.7. The summed E-state index contributed by atoms with van der Waals surface area (Å²) in [4.78, 5) is 11.2. The first-order valence-electron chi connectivity index (χ1n) is 11.7. The van der Waals surface area contributed by atoms with E-state index < -0.39 is 6.10 Å². The first-order chi connectivity index (χ1) is 14.5. The molecule has 178 valence electrons. The van der Waals surface area contributed by atoms with E-state index in [1.165, 1.54) is 5.57 Å². The van der Waals surface area contributed by atoms with Gasteiger partial charge in [-0.3, -0.25) is 4.79 Å². The van der Waals surface area contributed by atoms with Gasteiger partial charge in [-0.1, -0.05) is 39.0 Å². The highest BCUT2D eigenvalue weighted by atomic mass is 16.6. The van der Waals surface area contributed by atoms with Crippen LogP contribution in [0.4, 0.5) is 0 Å². The Hall–Kier alpha value is -1.21. The van der Waals surface area contributed by atoms with Crippen LogP contribution >= 0.6 is 0 Å². The second-order valence-electron chi connectivity index (χ2n) is 10.0. The molecule has 0 aromatic heterocycles. The van der Waals surface area contributed by atoms with Gasteiger partial charge in [-0.25, -0.2) is 0 Å². The van der Waals surface area contributed by atoms with Crippen LogP contribution in [0.5, 0.6) is 0 Å².